The number of aliphatic imine (C=N–C) groups is 2. The molecule has 2 atom stereocenters. The Hall–Kier alpha value is -4.51. The Balaban J connectivity index is 1.81. The smallest absolute Gasteiger partial charge is 0.243 e. The molecular formula is C26H31N9O4S. The van der Waals surface area contributed by atoms with Crippen molar-refractivity contribution in [2.75, 3.05) is 18.9 Å². The van der Waals surface area contributed by atoms with Crippen LogP contribution in [0.4, 0.5) is 5.95 Å². The van der Waals surface area contributed by atoms with Gasteiger partial charge in [-0.15, -0.1) is 10.2 Å². The lowest BCUT2D eigenvalue weighted by molar-refractivity contribution is 0.391. The number of fused-ring (bicyclic) bond motifs is 1. The van der Waals surface area contributed by atoms with Gasteiger partial charge in [0.2, 0.25) is 16.0 Å². The van der Waals surface area contributed by atoms with Gasteiger partial charge in [-0.05, 0) is 51.6 Å². The van der Waals surface area contributed by atoms with E-state index in [2.05, 4.69) is 36.7 Å². The summed E-state index contributed by atoms with van der Waals surface area (Å²) >= 11 is 0. The van der Waals surface area contributed by atoms with Crippen molar-refractivity contribution in [1.29, 1.82) is 5.26 Å². The van der Waals surface area contributed by atoms with Crippen molar-refractivity contribution in [3.8, 4) is 34.8 Å². The zero-order valence-corrected chi connectivity index (χ0v) is 23.8. The van der Waals surface area contributed by atoms with E-state index in [9.17, 15) is 8.42 Å². The molecule has 3 heterocycles. The van der Waals surface area contributed by atoms with Gasteiger partial charge in [0.1, 0.15) is 28.7 Å². The van der Waals surface area contributed by atoms with Crippen LogP contribution in [0, 0.1) is 17.2 Å². The summed E-state index contributed by atoms with van der Waals surface area (Å²) in [5.74, 6) is 0.572. The molecule has 1 aromatic carbocycles. The molecule has 0 amide bonds. The second kappa shape index (κ2) is 11.7. The van der Waals surface area contributed by atoms with Crippen molar-refractivity contribution < 1.29 is 17.9 Å². The Morgan fingerprint density at radius 1 is 1.25 bits per heavy atom. The number of aromatic nitrogens is 5. The van der Waals surface area contributed by atoms with Gasteiger partial charge in [0.05, 0.1) is 25.5 Å². The van der Waals surface area contributed by atoms with E-state index < -0.39 is 21.2 Å². The van der Waals surface area contributed by atoms with Gasteiger partial charge in [0.15, 0.2) is 5.82 Å². The number of rotatable bonds is 10. The van der Waals surface area contributed by atoms with Crippen LogP contribution in [0.5, 0.6) is 11.5 Å². The molecule has 2 aromatic heterocycles. The van der Waals surface area contributed by atoms with Crippen molar-refractivity contribution in [3.63, 3.8) is 0 Å². The third kappa shape index (κ3) is 5.46. The first-order valence-corrected chi connectivity index (χ1v) is 14.1. The number of amidine groups is 1. The number of allylic oxidation sites excluding steroid dienone is 1. The molecule has 0 radical (unpaired) electrons. The fraction of sp³-hybridized carbons (Fsp3) is 0.385. The van der Waals surface area contributed by atoms with Crippen LogP contribution in [0.3, 0.4) is 0 Å². The molecule has 1 aliphatic rings. The van der Waals surface area contributed by atoms with Crippen LogP contribution >= 0.6 is 0 Å². The highest BCUT2D eigenvalue weighted by molar-refractivity contribution is 7.93. The number of ether oxygens (including phenoxy) is 2. The van der Waals surface area contributed by atoms with Gasteiger partial charge < -0.3 is 9.47 Å². The summed E-state index contributed by atoms with van der Waals surface area (Å²) < 4.78 is 44.6. The third-order valence-electron chi connectivity index (χ3n) is 6.75. The number of anilines is 1. The summed E-state index contributed by atoms with van der Waals surface area (Å²) in [7, 11) is -1.07. The fourth-order valence-electron chi connectivity index (χ4n) is 4.34. The van der Waals surface area contributed by atoms with Gasteiger partial charge >= 0.3 is 0 Å². The highest BCUT2D eigenvalue weighted by atomic mass is 32.2. The molecule has 3 aromatic rings. The average Bonchev–Trinajstić information content (AvgIpc) is 3.67. The van der Waals surface area contributed by atoms with E-state index in [1.54, 1.807) is 32.0 Å². The predicted octanol–water partition coefficient (Wildman–Crippen LogP) is 3.39. The van der Waals surface area contributed by atoms with Crippen LogP contribution in [-0.4, -0.2) is 65.0 Å². The highest BCUT2D eigenvalue weighted by Crippen LogP contribution is 2.38. The number of hydrogen-bond acceptors (Lipinski definition) is 9. The molecule has 0 unspecified atom stereocenters. The van der Waals surface area contributed by atoms with Gasteiger partial charge in [0.25, 0.3) is 0 Å². The fourth-order valence-corrected chi connectivity index (χ4v) is 5.57. The standard InChI is InChI=1S/C26H31N9O4S/c1-16(14-27)15-29-24(28-4)17(2)18(3)40(36,37)33-26-31-30-25(20-13-19-9-8-12-34(19)32-20)35(26)23-21(38-5)10-7-11-22(23)39-6/h7,10-11,13,15,17-18H,4,8-9,12H2,1-3,5-6H3,(H,31,33)/b16-15+,29-24?/t17-,18-/m0/s1. The molecule has 0 bridgehead atoms. The lowest BCUT2D eigenvalue weighted by Gasteiger charge is -2.21. The minimum Gasteiger partial charge on any atom is -0.494 e. The van der Waals surface area contributed by atoms with Crippen molar-refractivity contribution in [2.24, 2.45) is 15.9 Å². The number of benzene rings is 1. The first kappa shape index (κ1) is 28.5. The average molecular weight is 566 g/mol. The van der Waals surface area contributed by atoms with Crippen LogP contribution in [0.1, 0.15) is 32.9 Å². The Morgan fingerprint density at radius 2 is 1.95 bits per heavy atom. The van der Waals surface area contributed by atoms with Crippen LogP contribution in [0.15, 0.2) is 46.0 Å². The first-order valence-electron chi connectivity index (χ1n) is 12.5. The van der Waals surface area contributed by atoms with E-state index >= 15 is 0 Å². The first-order chi connectivity index (χ1) is 19.1. The van der Waals surface area contributed by atoms with E-state index in [-0.39, 0.29) is 11.8 Å². The molecular weight excluding hydrogens is 534 g/mol. The van der Waals surface area contributed by atoms with Crippen molar-refractivity contribution >= 4 is 28.5 Å². The van der Waals surface area contributed by atoms with Crippen molar-refractivity contribution in [1.82, 2.24) is 24.5 Å². The van der Waals surface area contributed by atoms with Gasteiger partial charge in [-0.2, -0.15) is 10.4 Å². The highest BCUT2D eigenvalue weighted by Gasteiger charge is 2.33. The number of sulfonamides is 1. The summed E-state index contributed by atoms with van der Waals surface area (Å²) in [6.45, 7) is 9.08. The number of nitrogens with one attached hydrogen (secondary N) is 1. The maximum absolute atomic E-state index is 13.6. The molecule has 0 spiro atoms. The second-order valence-corrected chi connectivity index (χ2v) is 11.3. The summed E-state index contributed by atoms with van der Waals surface area (Å²) in [4.78, 5) is 8.06. The number of para-hydroxylation sites is 1. The summed E-state index contributed by atoms with van der Waals surface area (Å²) in [5.41, 5.74) is 2.35. The Labute approximate surface area is 232 Å². The van der Waals surface area contributed by atoms with Gasteiger partial charge in [-0.3, -0.25) is 14.0 Å². The zero-order chi connectivity index (χ0) is 29.0. The molecule has 210 valence electrons. The quantitative estimate of drug-likeness (QED) is 0.222. The van der Waals surface area contributed by atoms with E-state index in [1.807, 2.05) is 16.8 Å². The van der Waals surface area contributed by atoms with Gasteiger partial charge in [-0.25, -0.2) is 18.4 Å². The van der Waals surface area contributed by atoms with E-state index in [1.165, 1.54) is 31.9 Å². The lowest BCUT2D eigenvalue weighted by Crippen LogP contribution is -2.35. The SMILES string of the molecule is C=NC(=N/C=C(\C)C#N)[C@@H](C)[C@H](C)S(=O)(=O)Nc1nnc(-c2cc3n(n2)CCC3)n1-c1c(OC)cccc1OC. The molecule has 40 heavy (non-hydrogen) atoms. The molecule has 0 saturated heterocycles. The lowest BCUT2D eigenvalue weighted by atomic mass is 10.1. The van der Waals surface area contributed by atoms with Crippen LogP contribution in [0.25, 0.3) is 17.2 Å². The molecule has 1 aliphatic heterocycles. The number of aryl methyl sites for hydroxylation is 2. The normalized spacial score (nSPS) is 15.2. The Morgan fingerprint density at radius 3 is 2.55 bits per heavy atom. The number of nitriles is 1. The van der Waals surface area contributed by atoms with Crippen molar-refractivity contribution in [2.45, 2.75) is 45.4 Å². The third-order valence-corrected chi connectivity index (χ3v) is 8.60. The van der Waals surface area contributed by atoms with Gasteiger partial charge in [0, 0.05) is 29.9 Å². The van der Waals surface area contributed by atoms with Crippen LogP contribution in [0.2, 0.25) is 0 Å². The number of methoxy groups -OCH3 is 2. The summed E-state index contributed by atoms with van der Waals surface area (Å²) in [6.07, 6.45) is 3.22. The van der Waals surface area contributed by atoms with E-state index in [0.29, 0.717) is 34.3 Å². The largest absolute Gasteiger partial charge is 0.494 e. The maximum atomic E-state index is 13.6. The number of hydrogen-bond donors (Lipinski definition) is 1. The summed E-state index contributed by atoms with van der Waals surface area (Å²) in [5, 5.41) is 21.2. The summed E-state index contributed by atoms with van der Waals surface area (Å²) in [6, 6.07) is 9.10. The Bertz CT molecular complexity index is 1590. The van der Waals surface area contributed by atoms with E-state index in [4.69, 9.17) is 14.7 Å². The molecule has 4 rings (SSSR count). The topological polar surface area (TPSA) is 162 Å². The van der Waals surface area contributed by atoms with E-state index in [0.717, 1.165) is 25.1 Å². The molecule has 13 nitrogen and oxygen atoms in total. The minimum atomic E-state index is -4.08. The van der Waals surface area contributed by atoms with Crippen LogP contribution in [-0.2, 0) is 23.0 Å². The number of nitrogens with zero attached hydrogens (tertiary/aromatic N) is 8. The molecule has 0 fully saturated rings. The van der Waals surface area contributed by atoms with Gasteiger partial charge in [-0.1, -0.05) is 13.0 Å². The maximum Gasteiger partial charge on any atom is 0.243 e. The minimum absolute atomic E-state index is 0.0738. The monoisotopic (exact) mass is 565 g/mol. The Kier molecular flexibility index (Phi) is 8.34. The molecule has 14 heteroatoms. The molecule has 0 saturated carbocycles. The van der Waals surface area contributed by atoms with Crippen LogP contribution < -0.4 is 14.2 Å². The second-order valence-electron chi connectivity index (χ2n) is 9.25. The molecule has 1 N–H and O–H groups in total. The van der Waals surface area contributed by atoms with Crippen molar-refractivity contribution in [3.05, 3.63) is 41.7 Å². The zero-order valence-electron chi connectivity index (χ0n) is 23.0. The predicted molar refractivity (Wildman–Crippen MR) is 152 cm³/mol. The molecule has 0 aliphatic carbocycles.